The van der Waals surface area contributed by atoms with Crippen LogP contribution in [0.15, 0.2) is 0 Å². The Bertz CT molecular complexity index is 190. The Morgan fingerprint density at radius 1 is 1.54 bits per heavy atom. The number of likely N-dealkylation sites (tertiary alicyclic amines) is 1. The Morgan fingerprint density at radius 3 is 2.38 bits per heavy atom. The smallest absolute Gasteiger partial charge is 0.226 e. The second-order valence-electron chi connectivity index (χ2n) is 3.43. The number of hydrogen-bond donors (Lipinski definition) is 2. The SMILES string of the molecule is CC(CCl)C(=O)N1C[C@@H](O)[C@@H](O)C1. The van der Waals surface area contributed by atoms with E-state index in [2.05, 4.69) is 0 Å². The number of aliphatic hydroxyl groups is 2. The third kappa shape index (κ3) is 2.33. The molecule has 0 aromatic carbocycles. The van der Waals surface area contributed by atoms with Crippen LogP contribution in [0.25, 0.3) is 0 Å². The summed E-state index contributed by atoms with van der Waals surface area (Å²) in [6, 6.07) is 0. The van der Waals surface area contributed by atoms with E-state index in [1.807, 2.05) is 0 Å². The zero-order chi connectivity index (χ0) is 10.0. The van der Waals surface area contributed by atoms with Crippen molar-refractivity contribution in [3.05, 3.63) is 0 Å². The van der Waals surface area contributed by atoms with Gasteiger partial charge in [-0.2, -0.15) is 0 Å². The largest absolute Gasteiger partial charge is 0.388 e. The Balaban J connectivity index is 2.50. The number of aliphatic hydroxyl groups excluding tert-OH is 2. The van der Waals surface area contributed by atoms with E-state index in [1.54, 1.807) is 6.92 Å². The third-order valence-corrected chi connectivity index (χ3v) is 2.69. The maximum absolute atomic E-state index is 11.5. The summed E-state index contributed by atoms with van der Waals surface area (Å²) in [4.78, 5) is 12.9. The molecule has 1 aliphatic rings. The number of nitrogens with zero attached hydrogens (tertiary/aromatic N) is 1. The summed E-state index contributed by atoms with van der Waals surface area (Å²) in [5.41, 5.74) is 0. The van der Waals surface area contributed by atoms with Crippen LogP contribution in [-0.4, -0.2) is 52.2 Å². The van der Waals surface area contributed by atoms with Gasteiger partial charge in [-0.1, -0.05) is 6.92 Å². The molecule has 0 spiro atoms. The van der Waals surface area contributed by atoms with Gasteiger partial charge < -0.3 is 15.1 Å². The van der Waals surface area contributed by atoms with E-state index >= 15 is 0 Å². The van der Waals surface area contributed by atoms with Crippen LogP contribution >= 0.6 is 11.6 Å². The summed E-state index contributed by atoms with van der Waals surface area (Å²) in [5.74, 6) is -0.0913. The van der Waals surface area contributed by atoms with Crippen LogP contribution < -0.4 is 0 Å². The second-order valence-corrected chi connectivity index (χ2v) is 3.74. The predicted molar refractivity (Wildman–Crippen MR) is 48.5 cm³/mol. The molecular formula is C8H14ClNO3. The molecule has 0 radical (unpaired) electrons. The van der Waals surface area contributed by atoms with Crippen LogP contribution in [0, 0.1) is 5.92 Å². The van der Waals surface area contributed by atoms with Crippen molar-refractivity contribution in [2.75, 3.05) is 19.0 Å². The molecule has 2 N–H and O–H groups in total. The Morgan fingerprint density at radius 2 is 2.00 bits per heavy atom. The van der Waals surface area contributed by atoms with Crippen molar-refractivity contribution in [2.45, 2.75) is 19.1 Å². The summed E-state index contributed by atoms with van der Waals surface area (Å²) < 4.78 is 0. The van der Waals surface area contributed by atoms with E-state index in [-0.39, 0.29) is 30.8 Å². The first-order chi connectivity index (χ1) is 6.06. The predicted octanol–water partition coefficient (Wildman–Crippen LogP) is -0.575. The van der Waals surface area contributed by atoms with E-state index < -0.39 is 12.2 Å². The summed E-state index contributed by atoms with van der Waals surface area (Å²) in [6.07, 6.45) is -1.63. The highest BCUT2D eigenvalue weighted by Crippen LogP contribution is 2.14. The standard InChI is InChI=1S/C8H14ClNO3/c1-5(2-9)8(13)10-3-6(11)7(12)4-10/h5-7,11-12H,2-4H2,1H3/t5?,6-,7+. The van der Waals surface area contributed by atoms with Crippen molar-refractivity contribution in [3.8, 4) is 0 Å². The molecule has 0 aliphatic carbocycles. The minimum atomic E-state index is -0.813. The molecule has 1 rings (SSSR count). The topological polar surface area (TPSA) is 60.8 Å². The molecule has 1 amide bonds. The van der Waals surface area contributed by atoms with Crippen LogP contribution in [-0.2, 0) is 4.79 Å². The van der Waals surface area contributed by atoms with Crippen LogP contribution in [0.1, 0.15) is 6.92 Å². The van der Waals surface area contributed by atoms with Gasteiger partial charge in [0.1, 0.15) is 0 Å². The lowest BCUT2D eigenvalue weighted by molar-refractivity contribution is -0.133. The number of amides is 1. The lowest BCUT2D eigenvalue weighted by Crippen LogP contribution is -2.34. The van der Waals surface area contributed by atoms with Gasteiger partial charge in [-0.25, -0.2) is 0 Å². The molecule has 1 saturated heterocycles. The van der Waals surface area contributed by atoms with Crippen LogP contribution in [0.3, 0.4) is 0 Å². The normalized spacial score (nSPS) is 30.6. The zero-order valence-electron chi connectivity index (χ0n) is 7.48. The number of carbonyl (C=O) groups excluding carboxylic acids is 1. The van der Waals surface area contributed by atoms with Gasteiger partial charge in [-0.15, -0.1) is 11.6 Å². The van der Waals surface area contributed by atoms with E-state index in [4.69, 9.17) is 11.6 Å². The quantitative estimate of drug-likeness (QED) is 0.596. The summed E-state index contributed by atoms with van der Waals surface area (Å²) >= 11 is 5.53. The minimum Gasteiger partial charge on any atom is -0.388 e. The number of β-amino-alcohol motifs (C(OH)–C–C–N with tert-alkyl or cyclic N) is 2. The molecule has 1 heterocycles. The Hall–Kier alpha value is -0.320. The lowest BCUT2D eigenvalue weighted by Gasteiger charge is -2.18. The van der Waals surface area contributed by atoms with Gasteiger partial charge in [-0.05, 0) is 0 Å². The van der Waals surface area contributed by atoms with Crippen molar-refractivity contribution < 1.29 is 15.0 Å². The van der Waals surface area contributed by atoms with Gasteiger partial charge in [0.2, 0.25) is 5.91 Å². The molecule has 0 bridgehead atoms. The van der Waals surface area contributed by atoms with Crippen molar-refractivity contribution >= 4 is 17.5 Å². The van der Waals surface area contributed by atoms with Crippen molar-refractivity contribution in [3.63, 3.8) is 0 Å². The first-order valence-corrected chi connectivity index (χ1v) is 4.80. The average Bonchev–Trinajstić information content (AvgIpc) is 2.44. The number of carbonyl (C=O) groups is 1. The molecule has 3 atom stereocenters. The monoisotopic (exact) mass is 207 g/mol. The fourth-order valence-corrected chi connectivity index (χ4v) is 1.46. The van der Waals surface area contributed by atoms with Gasteiger partial charge in [0.15, 0.2) is 0 Å². The number of rotatable bonds is 2. The Kier molecular flexibility index (Phi) is 3.53. The Labute approximate surface area is 82.1 Å². The van der Waals surface area contributed by atoms with Gasteiger partial charge in [0.05, 0.1) is 12.2 Å². The van der Waals surface area contributed by atoms with E-state index in [9.17, 15) is 15.0 Å². The number of alkyl halides is 1. The zero-order valence-corrected chi connectivity index (χ0v) is 8.24. The highest BCUT2D eigenvalue weighted by molar-refractivity contribution is 6.19. The van der Waals surface area contributed by atoms with Crippen LogP contribution in [0.5, 0.6) is 0 Å². The lowest BCUT2D eigenvalue weighted by atomic mass is 10.2. The van der Waals surface area contributed by atoms with Crippen LogP contribution in [0.4, 0.5) is 0 Å². The highest BCUT2D eigenvalue weighted by atomic mass is 35.5. The molecule has 4 nitrogen and oxygen atoms in total. The van der Waals surface area contributed by atoms with Gasteiger partial charge in [0.25, 0.3) is 0 Å². The molecule has 0 aromatic rings. The fourth-order valence-electron chi connectivity index (χ4n) is 1.33. The first kappa shape index (κ1) is 10.8. The fraction of sp³-hybridized carbons (Fsp3) is 0.875. The molecule has 0 saturated carbocycles. The summed E-state index contributed by atoms with van der Waals surface area (Å²) in [7, 11) is 0. The van der Waals surface area contributed by atoms with E-state index in [0.717, 1.165) is 0 Å². The second kappa shape index (κ2) is 4.26. The molecule has 1 aliphatic heterocycles. The molecule has 13 heavy (non-hydrogen) atoms. The molecule has 1 unspecified atom stereocenters. The first-order valence-electron chi connectivity index (χ1n) is 4.27. The number of hydrogen-bond acceptors (Lipinski definition) is 3. The maximum atomic E-state index is 11.5. The average molecular weight is 208 g/mol. The van der Waals surface area contributed by atoms with E-state index in [1.165, 1.54) is 4.90 Å². The number of halogens is 1. The molecule has 0 aromatic heterocycles. The van der Waals surface area contributed by atoms with Crippen molar-refractivity contribution in [2.24, 2.45) is 5.92 Å². The summed E-state index contributed by atoms with van der Waals surface area (Å²) in [5, 5.41) is 18.4. The van der Waals surface area contributed by atoms with Gasteiger partial charge in [-0.3, -0.25) is 4.79 Å². The summed E-state index contributed by atoms with van der Waals surface area (Å²) in [6.45, 7) is 2.15. The maximum Gasteiger partial charge on any atom is 0.226 e. The van der Waals surface area contributed by atoms with Gasteiger partial charge in [0, 0.05) is 24.9 Å². The van der Waals surface area contributed by atoms with Gasteiger partial charge >= 0.3 is 0 Å². The van der Waals surface area contributed by atoms with Crippen molar-refractivity contribution in [1.29, 1.82) is 0 Å². The molecule has 1 fully saturated rings. The van der Waals surface area contributed by atoms with Crippen LogP contribution in [0.2, 0.25) is 0 Å². The third-order valence-electron chi connectivity index (χ3n) is 2.22. The highest BCUT2D eigenvalue weighted by Gasteiger charge is 2.33. The minimum absolute atomic E-state index is 0.106. The molecule has 5 heteroatoms. The molecular weight excluding hydrogens is 194 g/mol. The van der Waals surface area contributed by atoms with E-state index in [0.29, 0.717) is 0 Å². The van der Waals surface area contributed by atoms with Crippen molar-refractivity contribution in [1.82, 2.24) is 4.90 Å². The molecule has 76 valence electrons.